The van der Waals surface area contributed by atoms with E-state index in [-0.39, 0.29) is 22.9 Å². The normalized spacial score (nSPS) is 51.9. The zero-order valence-electron chi connectivity index (χ0n) is 16.5. The molecule has 0 heterocycles. The fourth-order valence-corrected chi connectivity index (χ4v) is 7.48. The Hall–Kier alpha value is -1.08. The Morgan fingerprint density at radius 1 is 1.04 bits per heavy atom. The van der Waals surface area contributed by atoms with Gasteiger partial charge < -0.3 is 22.3 Å². The molecule has 0 aliphatic heterocycles. The maximum Gasteiger partial charge on any atom is 0.161 e. The van der Waals surface area contributed by atoms with E-state index in [9.17, 15) is 14.7 Å². The summed E-state index contributed by atoms with van der Waals surface area (Å²) in [7, 11) is 0. The topological polar surface area (TPSA) is 132 Å². The summed E-state index contributed by atoms with van der Waals surface area (Å²) in [6.45, 7) is 3.78. The first kappa shape index (κ1) is 19.2. The highest BCUT2D eigenvalue weighted by Crippen LogP contribution is 2.68. The van der Waals surface area contributed by atoms with E-state index in [1.807, 2.05) is 0 Å². The van der Waals surface area contributed by atoms with Gasteiger partial charge in [-0.3, -0.25) is 9.59 Å². The Balaban J connectivity index is 1.84. The summed E-state index contributed by atoms with van der Waals surface area (Å²) >= 11 is 0. The number of Topliss-reactive ketones (excluding diaryl/α,β-unsaturated/α-hetero) is 1. The molecule has 0 spiro atoms. The molecule has 150 valence electrons. The monoisotopic (exact) mass is 375 g/mol. The molecule has 7 N–H and O–H groups in total. The number of hydrogen-bond donors (Lipinski definition) is 4. The van der Waals surface area contributed by atoms with E-state index in [1.54, 1.807) is 6.08 Å². The SMILES string of the molecule is C[C@]12CCC(=O)C=C1CC[C@]1(N)[C@]2(N)CC[C@]2(C)[C@@H](C(=O)CO)CC[C@@]12N. The van der Waals surface area contributed by atoms with Gasteiger partial charge in [0, 0.05) is 28.8 Å². The van der Waals surface area contributed by atoms with Crippen LogP contribution >= 0.6 is 0 Å². The quantitative estimate of drug-likeness (QED) is 0.568. The molecular formula is C21H33N3O3. The third kappa shape index (κ3) is 1.95. The van der Waals surface area contributed by atoms with E-state index in [0.717, 1.165) is 12.0 Å². The van der Waals surface area contributed by atoms with Crippen LogP contribution in [0.4, 0.5) is 0 Å². The lowest BCUT2D eigenvalue weighted by Crippen LogP contribution is -2.89. The number of carbonyl (C=O) groups excluding carboxylic acids is 2. The minimum absolute atomic E-state index is 0.135. The largest absolute Gasteiger partial charge is 0.389 e. The van der Waals surface area contributed by atoms with Gasteiger partial charge in [-0.15, -0.1) is 0 Å². The van der Waals surface area contributed by atoms with Gasteiger partial charge in [-0.05, 0) is 56.4 Å². The van der Waals surface area contributed by atoms with Crippen LogP contribution in [-0.2, 0) is 9.59 Å². The molecule has 0 aromatic heterocycles. The Morgan fingerprint density at radius 2 is 1.74 bits per heavy atom. The lowest BCUT2D eigenvalue weighted by Gasteiger charge is -2.72. The lowest BCUT2D eigenvalue weighted by molar-refractivity contribution is -0.139. The van der Waals surface area contributed by atoms with Gasteiger partial charge >= 0.3 is 0 Å². The highest BCUT2D eigenvalue weighted by molar-refractivity contribution is 5.92. The van der Waals surface area contributed by atoms with Crippen LogP contribution in [0.5, 0.6) is 0 Å². The summed E-state index contributed by atoms with van der Waals surface area (Å²) in [6, 6.07) is 0. The predicted molar refractivity (Wildman–Crippen MR) is 103 cm³/mol. The van der Waals surface area contributed by atoms with Crippen molar-refractivity contribution >= 4 is 11.6 Å². The summed E-state index contributed by atoms with van der Waals surface area (Å²) in [4.78, 5) is 24.5. The minimum atomic E-state index is -0.816. The van der Waals surface area contributed by atoms with Crippen molar-refractivity contribution in [1.29, 1.82) is 0 Å². The average Bonchev–Trinajstić information content (AvgIpc) is 2.91. The molecule has 0 unspecified atom stereocenters. The van der Waals surface area contributed by atoms with Crippen LogP contribution in [0.25, 0.3) is 0 Å². The van der Waals surface area contributed by atoms with Crippen molar-refractivity contribution in [3.05, 3.63) is 11.6 Å². The Labute approximate surface area is 160 Å². The van der Waals surface area contributed by atoms with Crippen molar-refractivity contribution < 1.29 is 14.7 Å². The first-order chi connectivity index (χ1) is 12.5. The number of nitrogens with two attached hydrogens (primary N) is 3. The molecule has 0 radical (unpaired) electrons. The Morgan fingerprint density at radius 3 is 2.41 bits per heavy atom. The van der Waals surface area contributed by atoms with Crippen molar-refractivity contribution in [2.45, 2.75) is 81.8 Å². The Kier molecular flexibility index (Phi) is 3.92. The Bertz CT molecular complexity index is 751. The second kappa shape index (κ2) is 5.50. The van der Waals surface area contributed by atoms with E-state index in [1.165, 1.54) is 0 Å². The van der Waals surface area contributed by atoms with Gasteiger partial charge in [0.1, 0.15) is 6.61 Å². The number of ketones is 2. The summed E-state index contributed by atoms with van der Waals surface area (Å²) in [5, 5.41) is 9.47. The van der Waals surface area contributed by atoms with Crippen LogP contribution in [-0.4, -0.2) is 39.9 Å². The molecule has 0 bridgehead atoms. The molecule has 0 saturated heterocycles. The molecular weight excluding hydrogens is 342 g/mol. The van der Waals surface area contributed by atoms with Crippen LogP contribution in [0, 0.1) is 16.7 Å². The first-order valence-electron chi connectivity index (χ1n) is 10.2. The predicted octanol–water partition coefficient (Wildman–Crippen LogP) is 0.940. The van der Waals surface area contributed by atoms with Crippen LogP contribution in [0.2, 0.25) is 0 Å². The van der Waals surface area contributed by atoms with E-state index in [4.69, 9.17) is 17.2 Å². The maximum atomic E-state index is 12.5. The number of aliphatic hydroxyl groups excluding tert-OH is 1. The maximum absolute atomic E-state index is 12.5. The molecule has 6 atom stereocenters. The van der Waals surface area contributed by atoms with Gasteiger partial charge in [-0.1, -0.05) is 19.4 Å². The second-order valence-corrected chi connectivity index (χ2v) is 10.0. The molecule has 0 amide bonds. The van der Waals surface area contributed by atoms with E-state index in [2.05, 4.69) is 13.8 Å². The lowest BCUT2D eigenvalue weighted by atomic mass is 9.38. The highest BCUT2D eigenvalue weighted by Gasteiger charge is 2.76. The third-order valence-corrected chi connectivity index (χ3v) is 9.48. The van der Waals surface area contributed by atoms with Gasteiger partial charge in [-0.2, -0.15) is 0 Å². The van der Waals surface area contributed by atoms with E-state index in [0.29, 0.717) is 44.9 Å². The average molecular weight is 376 g/mol. The smallest absolute Gasteiger partial charge is 0.161 e. The number of hydrogen-bond acceptors (Lipinski definition) is 6. The van der Waals surface area contributed by atoms with E-state index < -0.39 is 28.6 Å². The molecule has 4 rings (SSSR count). The van der Waals surface area contributed by atoms with Crippen molar-refractivity contribution in [1.82, 2.24) is 0 Å². The molecule has 4 aliphatic rings. The van der Waals surface area contributed by atoms with Crippen LogP contribution < -0.4 is 17.2 Å². The molecule has 4 aliphatic carbocycles. The van der Waals surface area contributed by atoms with Crippen LogP contribution in [0.1, 0.15) is 65.2 Å². The van der Waals surface area contributed by atoms with Gasteiger partial charge in [-0.25, -0.2) is 0 Å². The van der Waals surface area contributed by atoms with Crippen LogP contribution in [0.3, 0.4) is 0 Å². The molecule has 3 saturated carbocycles. The number of carbonyl (C=O) groups is 2. The number of aliphatic hydroxyl groups is 1. The zero-order valence-corrected chi connectivity index (χ0v) is 16.5. The van der Waals surface area contributed by atoms with Gasteiger partial charge in [0.25, 0.3) is 0 Å². The number of fused-ring (bicyclic) bond motifs is 5. The van der Waals surface area contributed by atoms with Gasteiger partial charge in [0.2, 0.25) is 0 Å². The summed E-state index contributed by atoms with van der Waals surface area (Å²) in [5.41, 5.74) is 19.5. The molecule has 0 aromatic rings. The van der Waals surface area contributed by atoms with Crippen molar-refractivity contribution in [2.75, 3.05) is 6.61 Å². The van der Waals surface area contributed by atoms with E-state index >= 15 is 0 Å². The first-order valence-corrected chi connectivity index (χ1v) is 10.2. The zero-order chi connectivity index (χ0) is 19.9. The molecule has 0 aromatic carbocycles. The highest BCUT2D eigenvalue weighted by atomic mass is 16.3. The fourth-order valence-electron chi connectivity index (χ4n) is 7.48. The number of rotatable bonds is 2. The van der Waals surface area contributed by atoms with Crippen LogP contribution in [0.15, 0.2) is 11.6 Å². The second-order valence-electron chi connectivity index (χ2n) is 10.0. The van der Waals surface area contributed by atoms with Gasteiger partial charge in [0.05, 0.1) is 5.54 Å². The summed E-state index contributed by atoms with van der Waals surface area (Å²) in [5.74, 6) is -0.229. The standard InChI is InChI=1S/C21H33N3O3/c1-17-6-4-14(26)11-13(17)3-7-21(24)19(22)8-5-15(16(27)12-25)18(19,2)9-10-20(17,21)23/h11,15,25H,3-10,12,22-24H2,1-2H3/t15-,17+,18-,19+,20+,21-/m1/s1. The third-order valence-electron chi connectivity index (χ3n) is 9.48. The summed E-state index contributed by atoms with van der Waals surface area (Å²) < 4.78 is 0. The van der Waals surface area contributed by atoms with Crippen molar-refractivity contribution in [2.24, 2.45) is 33.9 Å². The molecule has 6 heteroatoms. The molecule has 3 fully saturated rings. The van der Waals surface area contributed by atoms with Gasteiger partial charge in [0.15, 0.2) is 11.6 Å². The van der Waals surface area contributed by atoms with Crippen molar-refractivity contribution in [3.63, 3.8) is 0 Å². The molecule has 27 heavy (non-hydrogen) atoms. The summed E-state index contributed by atoms with van der Waals surface area (Å²) in [6.07, 6.45) is 7.04. The minimum Gasteiger partial charge on any atom is -0.389 e. The van der Waals surface area contributed by atoms with Crippen molar-refractivity contribution in [3.8, 4) is 0 Å². The fraction of sp³-hybridized carbons (Fsp3) is 0.810. The molecule has 6 nitrogen and oxygen atoms in total.